The molecule has 1 aliphatic rings. The van der Waals surface area contributed by atoms with Gasteiger partial charge in [-0.1, -0.05) is 12.1 Å². The van der Waals surface area contributed by atoms with Crippen LogP contribution >= 0.6 is 0 Å². The molecule has 0 unspecified atom stereocenters. The summed E-state index contributed by atoms with van der Waals surface area (Å²) in [4.78, 5) is 30.8. The Bertz CT molecular complexity index is 929. The molecule has 0 radical (unpaired) electrons. The van der Waals surface area contributed by atoms with E-state index in [1.54, 1.807) is 35.4 Å². The van der Waals surface area contributed by atoms with Crippen LogP contribution in [0.3, 0.4) is 0 Å². The van der Waals surface area contributed by atoms with Crippen molar-refractivity contribution in [3.8, 4) is 11.6 Å². The van der Waals surface area contributed by atoms with Crippen molar-refractivity contribution in [1.82, 2.24) is 15.2 Å². The molecule has 1 fully saturated rings. The summed E-state index contributed by atoms with van der Waals surface area (Å²) >= 11 is 0. The molecule has 0 aliphatic carbocycles. The standard InChI is InChI=1S/C23H28FN3O4/c1-23(2,3)31-22(29)27-12-6-8-17(15-27)20(28)26-14-16-7-5-11-25-21(16)30-19-10-4-9-18(24)13-19/h4-5,7,9-11,13,17H,6,8,12,14-15H2,1-3H3,(H,26,28)/t17-/m0/s1. The van der Waals surface area contributed by atoms with Crippen molar-refractivity contribution in [1.29, 1.82) is 0 Å². The molecule has 0 saturated carbocycles. The Kier molecular flexibility index (Phi) is 7.09. The van der Waals surface area contributed by atoms with Crippen LogP contribution in [-0.4, -0.2) is 40.6 Å². The predicted molar refractivity (Wildman–Crippen MR) is 113 cm³/mol. The number of likely N-dealkylation sites (tertiary alicyclic amines) is 1. The number of carbonyl (C=O) groups excluding carboxylic acids is 2. The van der Waals surface area contributed by atoms with E-state index < -0.39 is 17.5 Å². The fourth-order valence-corrected chi connectivity index (χ4v) is 3.30. The van der Waals surface area contributed by atoms with Gasteiger partial charge in [0.25, 0.3) is 0 Å². The average Bonchev–Trinajstić information content (AvgIpc) is 2.72. The van der Waals surface area contributed by atoms with Gasteiger partial charge in [-0.25, -0.2) is 14.2 Å². The average molecular weight is 429 g/mol. The summed E-state index contributed by atoms with van der Waals surface area (Å²) in [6.07, 6.45) is 2.60. The first-order chi connectivity index (χ1) is 14.7. The second-order valence-electron chi connectivity index (χ2n) is 8.51. The molecule has 1 saturated heterocycles. The summed E-state index contributed by atoms with van der Waals surface area (Å²) in [7, 11) is 0. The molecular formula is C23H28FN3O4. The van der Waals surface area contributed by atoms with Gasteiger partial charge >= 0.3 is 6.09 Å². The minimum Gasteiger partial charge on any atom is -0.444 e. The van der Waals surface area contributed by atoms with E-state index in [1.165, 1.54) is 12.1 Å². The number of nitrogens with one attached hydrogen (secondary N) is 1. The first-order valence-corrected chi connectivity index (χ1v) is 10.3. The lowest BCUT2D eigenvalue weighted by molar-refractivity contribution is -0.126. The number of carbonyl (C=O) groups is 2. The Hall–Kier alpha value is -3.16. The molecular weight excluding hydrogens is 401 g/mol. The van der Waals surface area contributed by atoms with Crippen LogP contribution in [0.1, 0.15) is 39.2 Å². The maximum absolute atomic E-state index is 13.4. The molecule has 31 heavy (non-hydrogen) atoms. The van der Waals surface area contributed by atoms with Gasteiger partial charge in [-0.15, -0.1) is 0 Å². The molecule has 7 nitrogen and oxygen atoms in total. The van der Waals surface area contributed by atoms with Gasteiger partial charge in [-0.3, -0.25) is 4.79 Å². The topological polar surface area (TPSA) is 80.8 Å². The number of amides is 2. The third-order valence-electron chi connectivity index (χ3n) is 4.76. The maximum atomic E-state index is 13.4. The van der Waals surface area contributed by atoms with Crippen LogP contribution in [0.5, 0.6) is 11.6 Å². The van der Waals surface area contributed by atoms with Crippen molar-refractivity contribution in [3.05, 3.63) is 54.0 Å². The molecule has 2 aromatic rings. The number of ether oxygens (including phenoxy) is 2. The lowest BCUT2D eigenvalue weighted by Crippen LogP contribution is -2.46. The monoisotopic (exact) mass is 429 g/mol. The molecule has 3 rings (SSSR count). The summed E-state index contributed by atoms with van der Waals surface area (Å²) in [6.45, 7) is 6.55. The zero-order valence-corrected chi connectivity index (χ0v) is 18.1. The summed E-state index contributed by atoms with van der Waals surface area (Å²) in [5.41, 5.74) is 0.0879. The van der Waals surface area contributed by atoms with Gasteiger partial charge in [-0.05, 0) is 51.8 Å². The van der Waals surface area contributed by atoms with E-state index in [-0.39, 0.29) is 18.4 Å². The molecule has 2 amide bonds. The number of aromatic nitrogens is 1. The molecule has 1 aromatic heterocycles. The van der Waals surface area contributed by atoms with E-state index in [0.717, 1.165) is 6.42 Å². The number of hydrogen-bond donors (Lipinski definition) is 1. The largest absolute Gasteiger partial charge is 0.444 e. The lowest BCUT2D eigenvalue weighted by Gasteiger charge is -2.33. The second kappa shape index (κ2) is 9.76. The van der Waals surface area contributed by atoms with Crippen molar-refractivity contribution in [3.63, 3.8) is 0 Å². The van der Waals surface area contributed by atoms with Gasteiger partial charge in [0, 0.05) is 37.5 Å². The van der Waals surface area contributed by atoms with E-state index in [4.69, 9.17) is 9.47 Å². The molecule has 166 valence electrons. The SMILES string of the molecule is CC(C)(C)OC(=O)N1CCC[C@H](C(=O)NCc2cccnc2Oc2cccc(F)c2)C1. The fourth-order valence-electron chi connectivity index (χ4n) is 3.30. The third-order valence-corrected chi connectivity index (χ3v) is 4.76. The second-order valence-corrected chi connectivity index (χ2v) is 8.51. The molecule has 8 heteroatoms. The van der Waals surface area contributed by atoms with E-state index in [0.29, 0.717) is 36.7 Å². The van der Waals surface area contributed by atoms with Crippen LogP contribution in [0.4, 0.5) is 9.18 Å². The molecule has 1 N–H and O–H groups in total. The van der Waals surface area contributed by atoms with Crippen LogP contribution in [0.15, 0.2) is 42.6 Å². The van der Waals surface area contributed by atoms with Crippen LogP contribution in [0.2, 0.25) is 0 Å². The van der Waals surface area contributed by atoms with Gasteiger partial charge < -0.3 is 19.7 Å². The lowest BCUT2D eigenvalue weighted by atomic mass is 9.97. The fraction of sp³-hybridized carbons (Fsp3) is 0.435. The van der Waals surface area contributed by atoms with Gasteiger partial charge in [0.1, 0.15) is 17.2 Å². The molecule has 2 heterocycles. The number of hydrogen-bond acceptors (Lipinski definition) is 5. The number of rotatable bonds is 5. The molecule has 0 bridgehead atoms. The zero-order chi connectivity index (χ0) is 22.4. The predicted octanol–water partition coefficient (Wildman–Crippen LogP) is 4.28. The van der Waals surface area contributed by atoms with Crippen LogP contribution in [0.25, 0.3) is 0 Å². The van der Waals surface area contributed by atoms with Gasteiger partial charge in [-0.2, -0.15) is 0 Å². The van der Waals surface area contributed by atoms with Crippen molar-refractivity contribution in [2.24, 2.45) is 5.92 Å². The van der Waals surface area contributed by atoms with Crippen molar-refractivity contribution in [2.45, 2.75) is 45.8 Å². The quantitative estimate of drug-likeness (QED) is 0.768. The Balaban J connectivity index is 1.59. The summed E-state index contributed by atoms with van der Waals surface area (Å²) < 4.78 is 24.5. The van der Waals surface area contributed by atoms with E-state index >= 15 is 0 Å². The van der Waals surface area contributed by atoms with E-state index in [2.05, 4.69) is 10.3 Å². The number of halogens is 1. The van der Waals surface area contributed by atoms with Crippen LogP contribution < -0.4 is 10.1 Å². The highest BCUT2D eigenvalue weighted by atomic mass is 19.1. The molecule has 0 spiro atoms. The maximum Gasteiger partial charge on any atom is 0.410 e. The summed E-state index contributed by atoms with van der Waals surface area (Å²) in [5, 5.41) is 2.90. The Morgan fingerprint density at radius 1 is 1.26 bits per heavy atom. The zero-order valence-electron chi connectivity index (χ0n) is 18.1. The first kappa shape index (κ1) is 22.5. The highest BCUT2D eigenvalue weighted by molar-refractivity contribution is 5.80. The Morgan fingerprint density at radius 2 is 2.06 bits per heavy atom. The first-order valence-electron chi connectivity index (χ1n) is 10.3. The van der Waals surface area contributed by atoms with E-state index in [1.807, 2.05) is 20.8 Å². The van der Waals surface area contributed by atoms with Crippen LogP contribution in [0, 0.1) is 11.7 Å². The molecule has 1 aliphatic heterocycles. The summed E-state index contributed by atoms with van der Waals surface area (Å²) in [5.74, 6) is -0.242. The smallest absolute Gasteiger partial charge is 0.410 e. The summed E-state index contributed by atoms with van der Waals surface area (Å²) in [6, 6.07) is 9.31. The number of nitrogens with zero attached hydrogens (tertiary/aromatic N) is 2. The van der Waals surface area contributed by atoms with Crippen molar-refractivity contribution in [2.75, 3.05) is 13.1 Å². The normalized spacial score (nSPS) is 16.5. The molecule has 1 aromatic carbocycles. The highest BCUT2D eigenvalue weighted by Crippen LogP contribution is 2.24. The van der Waals surface area contributed by atoms with Crippen molar-refractivity contribution >= 4 is 12.0 Å². The minimum absolute atomic E-state index is 0.145. The highest BCUT2D eigenvalue weighted by Gasteiger charge is 2.31. The van der Waals surface area contributed by atoms with Crippen molar-refractivity contribution < 1.29 is 23.5 Å². The van der Waals surface area contributed by atoms with Gasteiger partial charge in [0.15, 0.2) is 0 Å². The van der Waals surface area contributed by atoms with E-state index in [9.17, 15) is 14.0 Å². The third kappa shape index (κ3) is 6.67. The molecule has 1 atom stereocenters. The van der Waals surface area contributed by atoms with Crippen LogP contribution in [-0.2, 0) is 16.1 Å². The van der Waals surface area contributed by atoms with Gasteiger partial charge in [0.05, 0.1) is 5.92 Å². The number of piperidine rings is 1. The number of pyridine rings is 1. The number of benzene rings is 1. The Morgan fingerprint density at radius 3 is 2.81 bits per heavy atom. The Labute approximate surface area is 181 Å². The minimum atomic E-state index is -0.579. The van der Waals surface area contributed by atoms with Gasteiger partial charge in [0.2, 0.25) is 11.8 Å².